The van der Waals surface area contributed by atoms with Crippen LogP contribution in [0.25, 0.3) is 11.5 Å². The molecule has 0 unspecified atom stereocenters. The van der Waals surface area contributed by atoms with Gasteiger partial charge in [0.15, 0.2) is 0 Å². The topological polar surface area (TPSA) is 71.4 Å². The van der Waals surface area contributed by atoms with Crippen LogP contribution in [0.2, 0.25) is 5.02 Å². The van der Waals surface area contributed by atoms with E-state index >= 15 is 0 Å². The first-order chi connectivity index (χ1) is 9.63. The van der Waals surface area contributed by atoms with Gasteiger partial charge in [-0.1, -0.05) is 11.6 Å². The molecule has 0 amide bonds. The zero-order chi connectivity index (χ0) is 14.1. The molecular weight excluding hydrogens is 278 g/mol. The Morgan fingerprint density at radius 1 is 1.25 bits per heavy atom. The Labute approximate surface area is 122 Å². The Balaban J connectivity index is 1.85. The van der Waals surface area contributed by atoms with Crippen LogP contribution in [0.3, 0.4) is 0 Å². The average molecular weight is 294 g/mol. The molecule has 1 fully saturated rings. The highest BCUT2D eigenvalue weighted by Gasteiger charge is 2.20. The third kappa shape index (κ3) is 2.57. The van der Waals surface area contributed by atoms with Crippen molar-refractivity contribution in [3.63, 3.8) is 0 Å². The van der Waals surface area contributed by atoms with E-state index in [0.29, 0.717) is 28.1 Å². The van der Waals surface area contributed by atoms with Gasteiger partial charge < -0.3 is 20.1 Å². The molecule has 0 spiro atoms. The summed E-state index contributed by atoms with van der Waals surface area (Å²) in [5.41, 5.74) is 7.16. The summed E-state index contributed by atoms with van der Waals surface area (Å²) in [6.45, 7) is 3.76. The maximum Gasteiger partial charge on any atom is 0.266 e. The normalized spacial score (nSPS) is 16.6. The maximum atomic E-state index is 5.98. The van der Waals surface area contributed by atoms with Crippen molar-refractivity contribution in [1.82, 2.24) is 15.0 Å². The van der Waals surface area contributed by atoms with E-state index < -0.39 is 0 Å². The van der Waals surface area contributed by atoms with Gasteiger partial charge in [0, 0.05) is 36.9 Å². The van der Waals surface area contributed by atoms with Crippen molar-refractivity contribution in [1.29, 1.82) is 0 Å². The monoisotopic (exact) mass is 293 g/mol. The Morgan fingerprint density at radius 3 is 2.75 bits per heavy atom. The molecule has 1 aromatic carbocycles. The first kappa shape index (κ1) is 13.2. The van der Waals surface area contributed by atoms with Crippen LogP contribution in [-0.4, -0.2) is 48.3 Å². The number of hydrogen-bond donors (Lipinski definition) is 1. The van der Waals surface area contributed by atoms with Crippen molar-refractivity contribution in [2.24, 2.45) is 0 Å². The van der Waals surface area contributed by atoms with Gasteiger partial charge >= 0.3 is 0 Å². The molecule has 2 aromatic rings. The van der Waals surface area contributed by atoms with Crippen molar-refractivity contribution in [2.75, 3.05) is 43.9 Å². The standard InChI is InChI=1S/C13H16ClN5O/c1-18-4-6-19(7-5-18)13-16-12(20-17-13)10-8-9(14)2-3-11(10)15/h2-3,8H,4-7,15H2,1H3. The van der Waals surface area contributed by atoms with Gasteiger partial charge in [-0.25, -0.2) is 0 Å². The summed E-state index contributed by atoms with van der Waals surface area (Å²) < 4.78 is 5.31. The molecule has 2 heterocycles. The summed E-state index contributed by atoms with van der Waals surface area (Å²) in [5.74, 6) is 1.01. The summed E-state index contributed by atoms with van der Waals surface area (Å²) in [6.07, 6.45) is 0. The van der Waals surface area contributed by atoms with Crippen LogP contribution in [0.4, 0.5) is 11.6 Å². The van der Waals surface area contributed by atoms with Gasteiger partial charge in [0.25, 0.3) is 11.8 Å². The second-order valence-electron chi connectivity index (χ2n) is 4.92. The SMILES string of the molecule is CN1CCN(c2noc(-c3cc(Cl)ccc3N)n2)CC1. The maximum absolute atomic E-state index is 5.98. The van der Waals surface area contributed by atoms with Crippen LogP contribution < -0.4 is 10.6 Å². The summed E-state index contributed by atoms with van der Waals surface area (Å²) in [5, 5.41) is 4.63. The van der Waals surface area contributed by atoms with Crippen molar-refractivity contribution in [3.05, 3.63) is 23.2 Å². The molecule has 1 aliphatic heterocycles. The van der Waals surface area contributed by atoms with Gasteiger partial charge in [0.2, 0.25) is 0 Å². The lowest BCUT2D eigenvalue weighted by atomic mass is 10.2. The lowest BCUT2D eigenvalue weighted by molar-refractivity contribution is 0.309. The number of benzene rings is 1. The van der Waals surface area contributed by atoms with Gasteiger partial charge in [0.1, 0.15) is 0 Å². The number of piperazine rings is 1. The number of rotatable bonds is 2. The van der Waals surface area contributed by atoms with E-state index in [2.05, 4.69) is 27.0 Å². The third-order valence-corrected chi connectivity index (χ3v) is 3.68. The van der Waals surface area contributed by atoms with E-state index in [1.54, 1.807) is 18.2 Å². The molecule has 20 heavy (non-hydrogen) atoms. The lowest BCUT2D eigenvalue weighted by Crippen LogP contribution is -2.44. The summed E-state index contributed by atoms with van der Waals surface area (Å²) in [4.78, 5) is 8.80. The molecule has 7 heteroatoms. The van der Waals surface area contributed by atoms with Gasteiger partial charge in [-0.2, -0.15) is 4.98 Å². The van der Waals surface area contributed by atoms with E-state index in [1.165, 1.54) is 0 Å². The first-order valence-corrected chi connectivity index (χ1v) is 6.84. The predicted molar refractivity (Wildman–Crippen MR) is 78.9 cm³/mol. The number of nitrogens with two attached hydrogens (primary N) is 1. The van der Waals surface area contributed by atoms with Gasteiger partial charge in [0.05, 0.1) is 5.56 Å². The molecule has 0 radical (unpaired) electrons. The number of hydrogen-bond acceptors (Lipinski definition) is 6. The highest BCUT2D eigenvalue weighted by Crippen LogP contribution is 2.28. The molecule has 6 nitrogen and oxygen atoms in total. The van der Waals surface area contributed by atoms with Crippen molar-refractivity contribution in [3.8, 4) is 11.5 Å². The fourth-order valence-electron chi connectivity index (χ4n) is 2.17. The molecule has 1 aliphatic rings. The number of nitrogens with zero attached hydrogens (tertiary/aromatic N) is 4. The highest BCUT2D eigenvalue weighted by atomic mass is 35.5. The van der Waals surface area contributed by atoms with Crippen LogP contribution in [-0.2, 0) is 0 Å². The molecule has 0 saturated carbocycles. The zero-order valence-electron chi connectivity index (χ0n) is 11.2. The number of halogens is 1. The summed E-state index contributed by atoms with van der Waals surface area (Å²) in [7, 11) is 2.10. The minimum Gasteiger partial charge on any atom is -0.398 e. The van der Waals surface area contributed by atoms with Crippen LogP contribution in [0.1, 0.15) is 0 Å². The van der Waals surface area contributed by atoms with Crippen LogP contribution >= 0.6 is 11.6 Å². The molecular formula is C13H16ClN5O. The highest BCUT2D eigenvalue weighted by molar-refractivity contribution is 6.31. The predicted octanol–water partition coefficient (Wildman–Crippen LogP) is 1.72. The van der Waals surface area contributed by atoms with Crippen molar-refractivity contribution >= 4 is 23.2 Å². The van der Waals surface area contributed by atoms with Crippen molar-refractivity contribution < 1.29 is 4.52 Å². The summed E-state index contributed by atoms with van der Waals surface area (Å²) >= 11 is 5.98. The number of nitrogen functional groups attached to an aromatic ring is 1. The van der Waals surface area contributed by atoms with Crippen LogP contribution in [0.5, 0.6) is 0 Å². The van der Waals surface area contributed by atoms with Crippen molar-refractivity contribution in [2.45, 2.75) is 0 Å². The number of aromatic nitrogens is 2. The number of anilines is 2. The molecule has 1 saturated heterocycles. The second kappa shape index (κ2) is 5.30. The van der Waals surface area contributed by atoms with E-state index in [0.717, 1.165) is 26.2 Å². The van der Waals surface area contributed by atoms with E-state index in [1.807, 2.05) is 0 Å². The third-order valence-electron chi connectivity index (χ3n) is 3.45. The number of likely N-dealkylation sites (N-methyl/N-ethyl adjacent to an activating group) is 1. The van der Waals surface area contributed by atoms with E-state index in [4.69, 9.17) is 21.9 Å². The second-order valence-corrected chi connectivity index (χ2v) is 5.36. The molecule has 2 N–H and O–H groups in total. The molecule has 3 rings (SSSR count). The van der Waals surface area contributed by atoms with E-state index in [-0.39, 0.29) is 0 Å². The Hall–Kier alpha value is -1.79. The minimum absolute atomic E-state index is 0.402. The first-order valence-electron chi connectivity index (χ1n) is 6.46. The van der Waals surface area contributed by atoms with Gasteiger partial charge in [-0.05, 0) is 30.4 Å². The zero-order valence-corrected chi connectivity index (χ0v) is 12.0. The Kier molecular flexibility index (Phi) is 3.50. The van der Waals surface area contributed by atoms with Gasteiger partial charge in [-0.3, -0.25) is 0 Å². The summed E-state index contributed by atoms with van der Waals surface area (Å²) in [6, 6.07) is 5.20. The fraction of sp³-hybridized carbons (Fsp3) is 0.385. The molecule has 0 bridgehead atoms. The molecule has 0 atom stereocenters. The largest absolute Gasteiger partial charge is 0.398 e. The van der Waals surface area contributed by atoms with Crippen LogP contribution in [0, 0.1) is 0 Å². The molecule has 1 aromatic heterocycles. The quantitative estimate of drug-likeness (QED) is 0.850. The Bertz CT molecular complexity index is 607. The molecule has 106 valence electrons. The van der Waals surface area contributed by atoms with E-state index in [9.17, 15) is 0 Å². The smallest absolute Gasteiger partial charge is 0.266 e. The lowest BCUT2D eigenvalue weighted by Gasteiger charge is -2.31. The van der Waals surface area contributed by atoms with Crippen LogP contribution in [0.15, 0.2) is 22.7 Å². The minimum atomic E-state index is 0.402. The fourth-order valence-corrected chi connectivity index (χ4v) is 2.35. The van der Waals surface area contributed by atoms with Gasteiger partial charge in [-0.15, -0.1) is 0 Å². The Morgan fingerprint density at radius 2 is 2.00 bits per heavy atom. The molecule has 0 aliphatic carbocycles. The average Bonchev–Trinajstić information content (AvgIpc) is 2.92.